The quantitative estimate of drug-likeness (QED) is 0.719. The molecule has 0 aliphatic heterocycles. The average molecular weight is 202 g/mol. The number of rotatable bonds is 3. The van der Waals surface area contributed by atoms with Crippen LogP contribution in [-0.4, -0.2) is 12.6 Å². The molecule has 1 aromatic carbocycles. The van der Waals surface area contributed by atoms with Crippen LogP contribution in [-0.2, 0) is 6.42 Å². The van der Waals surface area contributed by atoms with Crippen LogP contribution in [0.15, 0.2) is 22.6 Å². The molecule has 0 unspecified atom stereocenters. The molecule has 0 fully saturated rings. The molecule has 0 amide bonds. The van der Waals surface area contributed by atoms with E-state index in [2.05, 4.69) is 0 Å². The summed E-state index contributed by atoms with van der Waals surface area (Å²) in [5.41, 5.74) is 2.04. The summed E-state index contributed by atoms with van der Waals surface area (Å²) in [6.07, 6.45) is 2.11. The fourth-order valence-corrected chi connectivity index (χ4v) is 1.61. The van der Waals surface area contributed by atoms with Gasteiger partial charge in [-0.15, -0.1) is 0 Å². The fourth-order valence-electron chi connectivity index (χ4n) is 1.61. The number of carbonyl (C=O) groups excluding carboxylic acids is 2. The van der Waals surface area contributed by atoms with Crippen LogP contribution >= 0.6 is 0 Å². The Morgan fingerprint density at radius 1 is 1.27 bits per heavy atom. The number of aryl methyl sites for hydroxylation is 1. The molecule has 0 aliphatic rings. The Balaban J connectivity index is 2.78. The second kappa shape index (κ2) is 3.69. The van der Waals surface area contributed by atoms with Crippen molar-refractivity contribution in [2.24, 2.45) is 0 Å². The van der Waals surface area contributed by atoms with Crippen molar-refractivity contribution in [2.45, 2.75) is 13.3 Å². The molecule has 0 atom stereocenters. The molecule has 0 saturated carbocycles. The minimum absolute atomic E-state index is 0.105. The molecular weight excluding hydrogens is 192 g/mol. The number of fused-ring (bicyclic) bond motifs is 1. The third-order valence-corrected chi connectivity index (χ3v) is 2.45. The molecule has 0 spiro atoms. The number of carbonyl (C=O) groups is 2. The smallest absolute Gasteiger partial charge is 0.186 e. The van der Waals surface area contributed by atoms with Crippen molar-refractivity contribution in [3.63, 3.8) is 0 Å². The maximum atomic E-state index is 10.8. The molecule has 1 heterocycles. The van der Waals surface area contributed by atoms with Crippen LogP contribution in [0.25, 0.3) is 11.0 Å². The minimum Gasteiger partial charge on any atom is -0.452 e. The minimum atomic E-state index is 0.105. The van der Waals surface area contributed by atoms with Gasteiger partial charge < -0.3 is 4.42 Å². The molecule has 0 saturated heterocycles. The molecular formula is C12H10O3. The molecule has 0 N–H and O–H groups in total. The first-order valence-electron chi connectivity index (χ1n) is 4.76. The van der Waals surface area contributed by atoms with Gasteiger partial charge in [0.1, 0.15) is 5.58 Å². The van der Waals surface area contributed by atoms with E-state index in [4.69, 9.17) is 4.42 Å². The van der Waals surface area contributed by atoms with Gasteiger partial charge in [-0.25, -0.2) is 0 Å². The molecule has 0 bridgehead atoms. The lowest BCUT2D eigenvalue weighted by atomic mass is 10.1. The van der Waals surface area contributed by atoms with Crippen molar-refractivity contribution in [3.8, 4) is 0 Å². The van der Waals surface area contributed by atoms with E-state index in [1.54, 1.807) is 6.07 Å². The highest BCUT2D eigenvalue weighted by molar-refractivity contribution is 6.03. The van der Waals surface area contributed by atoms with Gasteiger partial charge in [0.2, 0.25) is 0 Å². The zero-order valence-electron chi connectivity index (χ0n) is 8.32. The standard InChI is InChI=1S/C12H10O3/c1-2-8-3-4-11-9(5-8)10(6-13)12(7-14)15-11/h3-7H,2H2,1H3. The largest absolute Gasteiger partial charge is 0.452 e. The van der Waals surface area contributed by atoms with Crippen molar-refractivity contribution in [2.75, 3.05) is 0 Å². The molecule has 0 radical (unpaired) electrons. The maximum absolute atomic E-state index is 10.8. The predicted molar refractivity (Wildman–Crippen MR) is 56.4 cm³/mol. The Kier molecular flexibility index (Phi) is 2.37. The zero-order chi connectivity index (χ0) is 10.8. The highest BCUT2D eigenvalue weighted by Crippen LogP contribution is 2.24. The summed E-state index contributed by atoms with van der Waals surface area (Å²) in [7, 11) is 0. The summed E-state index contributed by atoms with van der Waals surface area (Å²) in [6.45, 7) is 2.03. The summed E-state index contributed by atoms with van der Waals surface area (Å²) in [6, 6.07) is 5.60. The molecule has 76 valence electrons. The summed E-state index contributed by atoms with van der Waals surface area (Å²) in [5.74, 6) is 0.105. The fraction of sp³-hybridized carbons (Fsp3) is 0.167. The van der Waals surface area contributed by atoms with Crippen molar-refractivity contribution >= 4 is 23.5 Å². The first kappa shape index (κ1) is 9.65. The summed E-state index contributed by atoms with van der Waals surface area (Å²) >= 11 is 0. The second-order valence-electron chi connectivity index (χ2n) is 3.30. The topological polar surface area (TPSA) is 47.3 Å². The van der Waals surface area contributed by atoms with E-state index < -0.39 is 0 Å². The molecule has 1 aromatic heterocycles. The Hall–Kier alpha value is -1.90. The van der Waals surface area contributed by atoms with Crippen molar-refractivity contribution in [3.05, 3.63) is 35.1 Å². The highest BCUT2D eigenvalue weighted by atomic mass is 16.3. The van der Waals surface area contributed by atoms with Crippen LogP contribution in [0, 0.1) is 0 Å². The average Bonchev–Trinajstić information content (AvgIpc) is 2.65. The predicted octanol–water partition coefficient (Wildman–Crippen LogP) is 2.62. The number of furan rings is 1. The zero-order valence-corrected chi connectivity index (χ0v) is 8.32. The van der Waals surface area contributed by atoms with Gasteiger partial charge in [0.25, 0.3) is 0 Å². The van der Waals surface area contributed by atoms with E-state index in [0.29, 0.717) is 29.1 Å². The van der Waals surface area contributed by atoms with Crippen LogP contribution in [0.4, 0.5) is 0 Å². The third-order valence-electron chi connectivity index (χ3n) is 2.45. The molecule has 3 nitrogen and oxygen atoms in total. The molecule has 15 heavy (non-hydrogen) atoms. The number of aldehydes is 2. The lowest BCUT2D eigenvalue weighted by molar-refractivity contribution is 0.108. The van der Waals surface area contributed by atoms with E-state index in [1.165, 1.54) is 0 Å². The van der Waals surface area contributed by atoms with E-state index in [9.17, 15) is 9.59 Å². The molecule has 0 aliphatic carbocycles. The highest BCUT2D eigenvalue weighted by Gasteiger charge is 2.12. The lowest BCUT2D eigenvalue weighted by Crippen LogP contribution is -1.84. The third kappa shape index (κ3) is 1.46. The van der Waals surface area contributed by atoms with Crippen molar-refractivity contribution in [1.82, 2.24) is 0 Å². The first-order valence-corrected chi connectivity index (χ1v) is 4.76. The van der Waals surface area contributed by atoms with E-state index in [-0.39, 0.29) is 5.76 Å². The SMILES string of the molecule is CCc1ccc2oc(C=O)c(C=O)c2c1. The number of hydrogen-bond acceptors (Lipinski definition) is 3. The van der Waals surface area contributed by atoms with Crippen LogP contribution in [0.5, 0.6) is 0 Å². The van der Waals surface area contributed by atoms with Gasteiger partial charge in [0.05, 0.1) is 5.56 Å². The van der Waals surface area contributed by atoms with E-state index >= 15 is 0 Å². The van der Waals surface area contributed by atoms with Gasteiger partial charge in [0, 0.05) is 5.39 Å². The Morgan fingerprint density at radius 3 is 2.67 bits per heavy atom. The van der Waals surface area contributed by atoms with Gasteiger partial charge in [-0.3, -0.25) is 9.59 Å². The molecule has 2 rings (SSSR count). The lowest BCUT2D eigenvalue weighted by Gasteiger charge is -1.95. The van der Waals surface area contributed by atoms with E-state index in [0.717, 1.165) is 12.0 Å². The molecule has 3 heteroatoms. The van der Waals surface area contributed by atoms with Gasteiger partial charge in [-0.1, -0.05) is 13.0 Å². The van der Waals surface area contributed by atoms with Gasteiger partial charge in [0.15, 0.2) is 18.3 Å². The number of benzene rings is 1. The van der Waals surface area contributed by atoms with Gasteiger partial charge >= 0.3 is 0 Å². The molecule has 2 aromatic rings. The monoisotopic (exact) mass is 202 g/mol. The first-order chi connectivity index (χ1) is 7.30. The Labute approximate surface area is 86.7 Å². The van der Waals surface area contributed by atoms with Gasteiger partial charge in [-0.05, 0) is 24.1 Å². The van der Waals surface area contributed by atoms with E-state index in [1.807, 2.05) is 19.1 Å². The van der Waals surface area contributed by atoms with Crippen molar-refractivity contribution < 1.29 is 14.0 Å². The van der Waals surface area contributed by atoms with Crippen LogP contribution in [0.2, 0.25) is 0 Å². The van der Waals surface area contributed by atoms with Crippen LogP contribution < -0.4 is 0 Å². The van der Waals surface area contributed by atoms with Crippen molar-refractivity contribution in [1.29, 1.82) is 0 Å². The Morgan fingerprint density at radius 2 is 2.07 bits per heavy atom. The maximum Gasteiger partial charge on any atom is 0.186 e. The number of hydrogen-bond donors (Lipinski definition) is 0. The van der Waals surface area contributed by atoms with Crippen LogP contribution in [0.3, 0.4) is 0 Å². The second-order valence-corrected chi connectivity index (χ2v) is 3.30. The summed E-state index contributed by atoms with van der Waals surface area (Å²) in [5, 5.41) is 0.714. The summed E-state index contributed by atoms with van der Waals surface area (Å²) in [4.78, 5) is 21.5. The summed E-state index contributed by atoms with van der Waals surface area (Å²) < 4.78 is 5.24. The normalized spacial score (nSPS) is 10.5. The Bertz CT molecular complexity index is 523. The van der Waals surface area contributed by atoms with Crippen LogP contribution in [0.1, 0.15) is 33.4 Å². The van der Waals surface area contributed by atoms with Gasteiger partial charge in [-0.2, -0.15) is 0 Å².